The average Bonchev–Trinajstić information content (AvgIpc) is 2.60. The van der Waals surface area contributed by atoms with E-state index < -0.39 is 5.54 Å². The number of hydrogen-bond donors (Lipinski definition) is 2. The van der Waals surface area contributed by atoms with Crippen molar-refractivity contribution in [3.05, 3.63) is 34.9 Å². The molecule has 1 fully saturated rings. The fourth-order valence-electron chi connectivity index (χ4n) is 3.17. The molecule has 1 unspecified atom stereocenters. The zero-order chi connectivity index (χ0) is 17.6. The third-order valence-corrected chi connectivity index (χ3v) is 5.15. The van der Waals surface area contributed by atoms with E-state index in [9.17, 15) is 4.79 Å². The van der Waals surface area contributed by atoms with E-state index in [4.69, 9.17) is 22.1 Å². The van der Waals surface area contributed by atoms with Crippen molar-refractivity contribution in [2.24, 2.45) is 5.73 Å². The van der Waals surface area contributed by atoms with Crippen LogP contribution in [0.25, 0.3) is 0 Å². The molecule has 0 bridgehead atoms. The van der Waals surface area contributed by atoms with Gasteiger partial charge < -0.3 is 15.8 Å². The highest BCUT2D eigenvalue weighted by Crippen LogP contribution is 2.27. The van der Waals surface area contributed by atoms with Gasteiger partial charge in [-0.2, -0.15) is 0 Å². The maximum Gasteiger partial charge on any atom is 0.240 e. The molecule has 1 saturated heterocycles. The number of carbonyl (C=O) groups excluding carboxylic acids is 1. The number of rotatable bonds is 7. The first kappa shape index (κ1) is 19.2. The molecule has 1 aliphatic heterocycles. The first-order chi connectivity index (χ1) is 11.5. The Kier molecular flexibility index (Phi) is 7.04. The maximum absolute atomic E-state index is 12.6. The Labute approximate surface area is 149 Å². The van der Waals surface area contributed by atoms with E-state index in [0.717, 1.165) is 23.7 Å². The number of hydrogen-bond acceptors (Lipinski definition) is 4. The Morgan fingerprint density at radius 2 is 1.96 bits per heavy atom. The van der Waals surface area contributed by atoms with Gasteiger partial charge in [0.2, 0.25) is 5.91 Å². The molecule has 0 saturated carbocycles. The molecule has 0 spiro atoms. The maximum atomic E-state index is 12.6. The van der Waals surface area contributed by atoms with Crippen molar-refractivity contribution < 1.29 is 9.53 Å². The van der Waals surface area contributed by atoms with Crippen LogP contribution in [0.1, 0.15) is 38.3 Å². The first-order valence-electron chi connectivity index (χ1n) is 8.65. The molecule has 1 aromatic carbocycles. The minimum atomic E-state index is -0.827. The normalized spacial score (nSPS) is 18.4. The highest BCUT2D eigenvalue weighted by atomic mass is 35.5. The molecule has 5 nitrogen and oxygen atoms in total. The quantitative estimate of drug-likeness (QED) is 0.789. The summed E-state index contributed by atoms with van der Waals surface area (Å²) in [6.45, 7) is 7.54. The summed E-state index contributed by atoms with van der Waals surface area (Å²) in [7, 11) is 0. The van der Waals surface area contributed by atoms with Gasteiger partial charge in [0.05, 0.1) is 11.6 Å². The Hall–Kier alpha value is -1.14. The van der Waals surface area contributed by atoms with Crippen molar-refractivity contribution in [1.82, 2.24) is 10.2 Å². The summed E-state index contributed by atoms with van der Waals surface area (Å²) in [5.74, 6) is -0.102. The van der Waals surface area contributed by atoms with E-state index in [0.29, 0.717) is 32.6 Å². The lowest BCUT2D eigenvalue weighted by Gasteiger charge is -2.34. The number of benzene rings is 1. The third-order valence-electron chi connectivity index (χ3n) is 4.81. The van der Waals surface area contributed by atoms with Crippen LogP contribution in [-0.4, -0.2) is 49.2 Å². The first-order valence-corrected chi connectivity index (χ1v) is 9.03. The van der Waals surface area contributed by atoms with Gasteiger partial charge in [0.15, 0.2) is 0 Å². The van der Waals surface area contributed by atoms with E-state index in [1.54, 1.807) is 0 Å². The molecule has 1 amide bonds. The van der Waals surface area contributed by atoms with Gasteiger partial charge in [-0.15, -0.1) is 0 Å². The fourth-order valence-corrected chi connectivity index (χ4v) is 3.44. The molecule has 134 valence electrons. The summed E-state index contributed by atoms with van der Waals surface area (Å²) in [4.78, 5) is 14.9. The summed E-state index contributed by atoms with van der Waals surface area (Å²) in [6, 6.07) is 7.83. The molecule has 0 radical (unpaired) electrons. The molecular formula is C18H28ClN3O2. The monoisotopic (exact) mass is 353 g/mol. The van der Waals surface area contributed by atoms with Crippen LogP contribution in [0.4, 0.5) is 0 Å². The van der Waals surface area contributed by atoms with Gasteiger partial charge in [0.25, 0.3) is 0 Å². The SMILES string of the molecule is CCN(CC)C(CNC(=O)C1(N)CCOCC1)c1ccccc1Cl. The summed E-state index contributed by atoms with van der Waals surface area (Å²) in [5, 5.41) is 3.77. The van der Waals surface area contributed by atoms with Crippen LogP contribution in [0.5, 0.6) is 0 Å². The lowest BCUT2D eigenvalue weighted by atomic mass is 9.90. The molecule has 3 N–H and O–H groups in total. The average molecular weight is 354 g/mol. The van der Waals surface area contributed by atoms with Gasteiger partial charge in [-0.3, -0.25) is 9.69 Å². The Balaban J connectivity index is 2.11. The van der Waals surface area contributed by atoms with E-state index in [1.807, 2.05) is 24.3 Å². The van der Waals surface area contributed by atoms with Gasteiger partial charge in [0, 0.05) is 24.8 Å². The predicted octanol–water partition coefficient (Wildman–Crippen LogP) is 2.35. The van der Waals surface area contributed by atoms with Crippen molar-refractivity contribution >= 4 is 17.5 Å². The van der Waals surface area contributed by atoms with Gasteiger partial charge in [-0.05, 0) is 37.6 Å². The lowest BCUT2D eigenvalue weighted by molar-refractivity contribution is -0.130. The van der Waals surface area contributed by atoms with Gasteiger partial charge in [-0.1, -0.05) is 43.6 Å². The van der Waals surface area contributed by atoms with Gasteiger partial charge in [-0.25, -0.2) is 0 Å². The summed E-state index contributed by atoms with van der Waals surface area (Å²) >= 11 is 6.39. The fraction of sp³-hybridized carbons (Fsp3) is 0.611. The second-order valence-electron chi connectivity index (χ2n) is 6.24. The minimum Gasteiger partial charge on any atom is -0.381 e. The van der Waals surface area contributed by atoms with Crippen LogP contribution in [0, 0.1) is 0 Å². The number of nitrogens with zero attached hydrogens (tertiary/aromatic N) is 1. The Bertz CT molecular complexity index is 543. The minimum absolute atomic E-state index is 0.0288. The summed E-state index contributed by atoms with van der Waals surface area (Å²) in [6.07, 6.45) is 1.11. The van der Waals surface area contributed by atoms with Crippen molar-refractivity contribution in [1.29, 1.82) is 0 Å². The summed E-state index contributed by atoms with van der Waals surface area (Å²) in [5.41, 5.74) is 6.47. The van der Waals surface area contributed by atoms with Crippen LogP contribution in [-0.2, 0) is 9.53 Å². The van der Waals surface area contributed by atoms with Crippen molar-refractivity contribution in [3.8, 4) is 0 Å². The highest BCUT2D eigenvalue weighted by molar-refractivity contribution is 6.31. The zero-order valence-electron chi connectivity index (χ0n) is 14.6. The second-order valence-corrected chi connectivity index (χ2v) is 6.64. The molecule has 24 heavy (non-hydrogen) atoms. The Morgan fingerprint density at radius 1 is 1.33 bits per heavy atom. The predicted molar refractivity (Wildman–Crippen MR) is 97.1 cm³/mol. The molecule has 1 aromatic rings. The number of nitrogens with one attached hydrogen (secondary N) is 1. The van der Waals surface area contributed by atoms with Crippen LogP contribution >= 0.6 is 11.6 Å². The van der Waals surface area contributed by atoms with E-state index in [2.05, 4.69) is 24.1 Å². The molecule has 1 heterocycles. The number of likely N-dealkylation sites (N-methyl/N-ethyl adjacent to an activating group) is 1. The van der Waals surface area contributed by atoms with Crippen LogP contribution in [0.15, 0.2) is 24.3 Å². The molecule has 6 heteroatoms. The molecule has 1 aliphatic rings. The number of nitrogens with two attached hydrogens (primary N) is 1. The smallest absolute Gasteiger partial charge is 0.240 e. The van der Waals surface area contributed by atoms with Crippen molar-refractivity contribution in [2.45, 2.75) is 38.3 Å². The van der Waals surface area contributed by atoms with Crippen molar-refractivity contribution in [3.63, 3.8) is 0 Å². The standard InChI is InChI=1S/C18H28ClN3O2/c1-3-22(4-2)16(14-7-5-6-8-15(14)19)13-21-17(23)18(20)9-11-24-12-10-18/h5-8,16H,3-4,9-13,20H2,1-2H3,(H,21,23). The van der Waals surface area contributed by atoms with E-state index in [-0.39, 0.29) is 11.9 Å². The number of halogens is 1. The molecule has 0 aliphatic carbocycles. The largest absolute Gasteiger partial charge is 0.381 e. The molecular weight excluding hydrogens is 326 g/mol. The number of amides is 1. The number of carbonyl (C=O) groups is 1. The van der Waals surface area contributed by atoms with Crippen LogP contribution in [0.2, 0.25) is 5.02 Å². The zero-order valence-corrected chi connectivity index (χ0v) is 15.3. The molecule has 2 rings (SSSR count). The van der Waals surface area contributed by atoms with Crippen molar-refractivity contribution in [2.75, 3.05) is 32.8 Å². The Morgan fingerprint density at radius 3 is 2.54 bits per heavy atom. The van der Waals surface area contributed by atoms with Crippen LogP contribution in [0.3, 0.4) is 0 Å². The van der Waals surface area contributed by atoms with E-state index >= 15 is 0 Å². The van der Waals surface area contributed by atoms with Crippen LogP contribution < -0.4 is 11.1 Å². The second kappa shape index (κ2) is 8.81. The van der Waals surface area contributed by atoms with Gasteiger partial charge >= 0.3 is 0 Å². The lowest BCUT2D eigenvalue weighted by Crippen LogP contribution is -2.57. The molecule has 1 atom stereocenters. The summed E-state index contributed by atoms with van der Waals surface area (Å²) < 4.78 is 5.31. The highest BCUT2D eigenvalue weighted by Gasteiger charge is 2.36. The number of ether oxygens (including phenoxy) is 1. The third kappa shape index (κ3) is 4.48. The van der Waals surface area contributed by atoms with E-state index in [1.165, 1.54) is 0 Å². The van der Waals surface area contributed by atoms with Gasteiger partial charge in [0.1, 0.15) is 0 Å². The topological polar surface area (TPSA) is 67.6 Å². The molecule has 0 aromatic heterocycles.